The molecule has 3 aliphatic rings. The van der Waals surface area contributed by atoms with E-state index in [1.54, 1.807) is 7.11 Å². The predicted molar refractivity (Wildman–Crippen MR) is 132 cm³/mol. The van der Waals surface area contributed by atoms with Crippen LogP contribution in [0.2, 0.25) is 0 Å². The molecule has 0 radical (unpaired) electrons. The fourth-order valence-corrected chi connectivity index (χ4v) is 5.76. The number of aliphatic hydroxyl groups is 1. The molecule has 4 atom stereocenters. The molecular weight excluding hydrogens is 462 g/mol. The van der Waals surface area contributed by atoms with Gasteiger partial charge in [0.15, 0.2) is 17.3 Å². The normalized spacial score (nSPS) is 24.8. The fraction of sp³-hybridized carbons (Fsp3) is 0.519. The molecule has 2 aliphatic carbocycles. The van der Waals surface area contributed by atoms with Crippen LogP contribution in [0.5, 0.6) is 11.5 Å². The van der Waals surface area contributed by atoms with Crippen LogP contribution in [0.15, 0.2) is 41.0 Å². The second-order valence-corrected chi connectivity index (χ2v) is 9.78. The molecule has 1 N–H and O–H groups in total. The van der Waals surface area contributed by atoms with E-state index in [9.17, 15) is 9.90 Å². The maximum atomic E-state index is 12.5. The Kier molecular flexibility index (Phi) is 7.11. The number of hydrogen-bond acceptors (Lipinski definition) is 8. The van der Waals surface area contributed by atoms with Crippen molar-refractivity contribution in [3.8, 4) is 23.0 Å². The Balaban J connectivity index is 1.38. The van der Waals surface area contributed by atoms with Crippen LogP contribution in [-0.2, 0) is 9.53 Å². The minimum Gasteiger partial charge on any atom is -0.487 e. The number of hydrogen-bond donors (Lipinski definition) is 1. The van der Waals surface area contributed by atoms with Gasteiger partial charge in [-0.2, -0.15) is 4.98 Å². The molecule has 1 saturated carbocycles. The molecular formula is C27H33N3O6. The maximum Gasteiger partial charge on any atom is 0.258 e. The first-order valence-corrected chi connectivity index (χ1v) is 12.6. The average molecular weight is 496 g/mol. The van der Waals surface area contributed by atoms with Gasteiger partial charge in [-0.25, -0.2) is 0 Å². The molecule has 5 rings (SSSR count). The molecule has 0 bridgehead atoms. The van der Waals surface area contributed by atoms with Crippen molar-refractivity contribution in [2.45, 2.75) is 38.8 Å². The molecule has 0 spiro atoms. The van der Waals surface area contributed by atoms with E-state index in [4.69, 9.17) is 23.7 Å². The van der Waals surface area contributed by atoms with Crippen molar-refractivity contribution in [1.29, 1.82) is 0 Å². The number of benzene rings is 1. The second-order valence-electron chi connectivity index (χ2n) is 9.78. The van der Waals surface area contributed by atoms with Gasteiger partial charge in [-0.15, -0.1) is 0 Å². The third-order valence-electron chi connectivity index (χ3n) is 7.15. The van der Waals surface area contributed by atoms with Crippen molar-refractivity contribution in [1.82, 2.24) is 15.0 Å². The number of carbonyl (C=O) groups is 1. The summed E-state index contributed by atoms with van der Waals surface area (Å²) in [7, 11) is 1.63. The van der Waals surface area contributed by atoms with E-state index in [1.165, 1.54) is 0 Å². The van der Waals surface area contributed by atoms with Crippen LogP contribution in [0.1, 0.15) is 32.5 Å². The maximum absolute atomic E-state index is 12.5. The van der Waals surface area contributed by atoms with Crippen molar-refractivity contribution in [2.24, 2.45) is 17.8 Å². The van der Waals surface area contributed by atoms with Gasteiger partial charge in [0, 0.05) is 43.2 Å². The fourth-order valence-electron chi connectivity index (χ4n) is 5.76. The smallest absolute Gasteiger partial charge is 0.258 e. The van der Waals surface area contributed by atoms with Crippen LogP contribution in [-0.4, -0.2) is 71.7 Å². The SMILES string of the molecule is COCCOc1cc(-c2nc(C3=CC=CC4C3C[C@H]3CC(=O)N(CCO)[C@@H]43)no2)ccc1OC(C)C. The van der Waals surface area contributed by atoms with E-state index in [0.29, 0.717) is 49.4 Å². The van der Waals surface area contributed by atoms with E-state index >= 15 is 0 Å². The Hall–Kier alpha value is -3.17. The zero-order chi connectivity index (χ0) is 25.2. The highest BCUT2D eigenvalue weighted by Crippen LogP contribution is 2.52. The summed E-state index contributed by atoms with van der Waals surface area (Å²) in [5, 5.41) is 13.8. The largest absolute Gasteiger partial charge is 0.487 e. The first-order chi connectivity index (χ1) is 17.5. The number of aliphatic hydroxyl groups excluding tert-OH is 1. The Morgan fingerprint density at radius 1 is 1.25 bits per heavy atom. The lowest BCUT2D eigenvalue weighted by atomic mass is 9.82. The highest BCUT2D eigenvalue weighted by atomic mass is 16.5. The van der Waals surface area contributed by atoms with Crippen LogP contribution in [0.25, 0.3) is 17.0 Å². The number of rotatable bonds is 10. The lowest BCUT2D eigenvalue weighted by molar-refractivity contribution is -0.130. The number of ether oxygens (including phenoxy) is 3. The van der Waals surface area contributed by atoms with Gasteiger partial charge in [0.2, 0.25) is 5.91 Å². The van der Waals surface area contributed by atoms with E-state index in [0.717, 1.165) is 17.6 Å². The zero-order valence-corrected chi connectivity index (χ0v) is 20.9. The van der Waals surface area contributed by atoms with E-state index in [1.807, 2.05) is 49.1 Å². The lowest BCUT2D eigenvalue weighted by Crippen LogP contribution is -2.40. The predicted octanol–water partition coefficient (Wildman–Crippen LogP) is 3.35. The van der Waals surface area contributed by atoms with Gasteiger partial charge in [-0.1, -0.05) is 23.4 Å². The molecule has 9 nitrogen and oxygen atoms in total. The van der Waals surface area contributed by atoms with Gasteiger partial charge in [0.05, 0.1) is 19.3 Å². The van der Waals surface area contributed by atoms with Gasteiger partial charge in [-0.3, -0.25) is 4.79 Å². The second kappa shape index (κ2) is 10.4. The van der Waals surface area contributed by atoms with Gasteiger partial charge in [0.1, 0.15) is 6.61 Å². The average Bonchev–Trinajstić information content (AvgIpc) is 3.55. The zero-order valence-electron chi connectivity index (χ0n) is 20.9. The summed E-state index contributed by atoms with van der Waals surface area (Å²) in [6.45, 7) is 5.14. The van der Waals surface area contributed by atoms with Crippen LogP contribution < -0.4 is 9.47 Å². The van der Waals surface area contributed by atoms with Crippen molar-refractivity contribution in [2.75, 3.05) is 33.5 Å². The van der Waals surface area contributed by atoms with Crippen LogP contribution in [0.3, 0.4) is 0 Å². The summed E-state index contributed by atoms with van der Waals surface area (Å²) in [6.07, 6.45) is 7.68. The highest BCUT2D eigenvalue weighted by molar-refractivity contribution is 5.80. The number of carbonyl (C=O) groups excluding carboxylic acids is 1. The number of nitrogens with zero attached hydrogens (tertiary/aromatic N) is 3. The summed E-state index contributed by atoms with van der Waals surface area (Å²) in [6, 6.07) is 5.70. The minimum atomic E-state index is -0.0227. The number of β-amino-alcohol motifs (C(OH)–C–C–N with tert-alkyl or cyclic N) is 1. The number of methoxy groups -OCH3 is 1. The number of aromatic nitrogens is 2. The molecule has 1 aliphatic heterocycles. The number of fused-ring (bicyclic) bond motifs is 3. The Bertz CT molecular complexity index is 1160. The summed E-state index contributed by atoms with van der Waals surface area (Å²) in [5.41, 5.74) is 1.77. The van der Waals surface area contributed by atoms with Gasteiger partial charge >= 0.3 is 0 Å². The monoisotopic (exact) mass is 495 g/mol. The number of amides is 1. The third kappa shape index (κ3) is 4.65. The molecule has 192 valence electrons. The van der Waals surface area contributed by atoms with Gasteiger partial charge in [-0.05, 0) is 50.3 Å². The quantitative estimate of drug-likeness (QED) is 0.500. The molecule has 2 aromatic rings. The van der Waals surface area contributed by atoms with Crippen LogP contribution in [0, 0.1) is 17.8 Å². The van der Waals surface area contributed by atoms with Crippen molar-refractivity contribution < 1.29 is 28.6 Å². The van der Waals surface area contributed by atoms with E-state index in [-0.39, 0.29) is 42.4 Å². The van der Waals surface area contributed by atoms with Gasteiger partial charge < -0.3 is 28.7 Å². The minimum absolute atomic E-state index is 0.00405. The topological polar surface area (TPSA) is 107 Å². The molecule has 1 amide bonds. The van der Waals surface area contributed by atoms with Crippen molar-refractivity contribution in [3.63, 3.8) is 0 Å². The van der Waals surface area contributed by atoms with E-state index in [2.05, 4.69) is 11.2 Å². The molecule has 2 unspecified atom stereocenters. The first-order valence-electron chi connectivity index (χ1n) is 12.6. The molecule has 2 heterocycles. The lowest BCUT2D eigenvalue weighted by Gasteiger charge is -2.31. The Morgan fingerprint density at radius 2 is 2.11 bits per heavy atom. The molecule has 1 saturated heterocycles. The summed E-state index contributed by atoms with van der Waals surface area (Å²) >= 11 is 0. The first kappa shape index (κ1) is 24.5. The van der Waals surface area contributed by atoms with E-state index < -0.39 is 0 Å². The third-order valence-corrected chi connectivity index (χ3v) is 7.15. The van der Waals surface area contributed by atoms with Crippen molar-refractivity contribution in [3.05, 3.63) is 42.3 Å². The number of likely N-dealkylation sites (tertiary alicyclic amines) is 1. The molecule has 2 fully saturated rings. The van der Waals surface area contributed by atoms with Crippen LogP contribution >= 0.6 is 0 Å². The van der Waals surface area contributed by atoms with Crippen molar-refractivity contribution >= 4 is 11.5 Å². The standard InChI is InChI=1S/C27H33N3O6/c1-16(2)35-22-8-7-17(14-23(22)34-12-11-33-3)27-28-26(29-36-27)20-6-4-5-19-21(20)13-18-15-24(32)30(9-10-31)25(18)19/h4-8,14,16,18-19,21,25,31H,9-13,15H2,1-3H3/t18-,19?,21?,25+/m0/s1. The Morgan fingerprint density at radius 3 is 2.89 bits per heavy atom. The highest BCUT2D eigenvalue weighted by Gasteiger charge is 2.53. The molecule has 1 aromatic heterocycles. The summed E-state index contributed by atoms with van der Waals surface area (Å²) in [5.74, 6) is 3.01. The molecule has 9 heteroatoms. The molecule has 36 heavy (non-hydrogen) atoms. The van der Waals surface area contributed by atoms with Gasteiger partial charge in [0.25, 0.3) is 5.89 Å². The number of allylic oxidation sites excluding steroid dienone is 3. The Labute approximate surface area is 210 Å². The summed E-state index contributed by atoms with van der Waals surface area (Å²) in [4.78, 5) is 19.1. The molecule has 1 aromatic carbocycles. The van der Waals surface area contributed by atoms with Crippen LogP contribution in [0.4, 0.5) is 0 Å². The summed E-state index contributed by atoms with van der Waals surface area (Å²) < 4.78 is 22.6.